The SMILES string of the molecule is CCCCN(CC1=NC(C)(c2ccc(-c3ccc(-c4cnc([C@@H]5CCCN5C(=O)[C@@H](NC(=O)OC)C(C)C)[nH]4)cc3)cc2)C(=O)N1)C(=O)[C@@H](NC(=O)OC)C(C)C. The molecule has 1 unspecified atom stereocenters. The Balaban J connectivity index is 1.27. The van der Waals surface area contributed by atoms with Crippen LogP contribution < -0.4 is 16.0 Å². The fraction of sp³-hybridized carbons (Fsp3) is 0.500. The molecule has 0 aliphatic carbocycles. The average Bonchev–Trinajstić information content (AvgIpc) is 3.96. The van der Waals surface area contributed by atoms with E-state index in [2.05, 4.69) is 25.9 Å². The van der Waals surface area contributed by atoms with Crippen LogP contribution in [0.25, 0.3) is 22.4 Å². The lowest BCUT2D eigenvalue weighted by atomic mass is 9.91. The highest BCUT2D eigenvalue weighted by Gasteiger charge is 2.42. The number of hydrogen-bond donors (Lipinski definition) is 4. The van der Waals surface area contributed by atoms with E-state index in [-0.39, 0.29) is 42.1 Å². The molecule has 15 heteroatoms. The number of hydrogen-bond acceptors (Lipinski definition) is 9. The number of amidine groups is 1. The van der Waals surface area contributed by atoms with Gasteiger partial charge in [-0.1, -0.05) is 89.6 Å². The molecule has 2 aliphatic rings. The predicted molar refractivity (Wildman–Crippen MR) is 216 cm³/mol. The number of rotatable bonds is 15. The van der Waals surface area contributed by atoms with Gasteiger partial charge in [-0.3, -0.25) is 14.4 Å². The third-order valence-electron chi connectivity index (χ3n) is 10.7. The van der Waals surface area contributed by atoms with Crippen LogP contribution in [0.5, 0.6) is 0 Å². The molecule has 0 radical (unpaired) electrons. The molecule has 57 heavy (non-hydrogen) atoms. The number of aliphatic imine (C=N–C) groups is 1. The summed E-state index contributed by atoms with van der Waals surface area (Å²) in [5, 5.41) is 8.23. The van der Waals surface area contributed by atoms with Gasteiger partial charge in [-0.05, 0) is 60.3 Å². The number of H-pyrrole nitrogens is 1. The van der Waals surface area contributed by atoms with Crippen molar-refractivity contribution in [3.05, 3.63) is 66.1 Å². The molecule has 4 atom stereocenters. The minimum atomic E-state index is -1.19. The fourth-order valence-electron chi connectivity index (χ4n) is 7.24. The first kappa shape index (κ1) is 42.4. The first-order chi connectivity index (χ1) is 27.2. The second kappa shape index (κ2) is 18.5. The smallest absolute Gasteiger partial charge is 0.407 e. The van der Waals surface area contributed by atoms with Gasteiger partial charge >= 0.3 is 12.2 Å². The first-order valence-corrected chi connectivity index (χ1v) is 19.6. The van der Waals surface area contributed by atoms with Crippen LogP contribution in [0.4, 0.5) is 9.59 Å². The molecule has 4 N–H and O–H groups in total. The van der Waals surface area contributed by atoms with Crippen LogP contribution in [0, 0.1) is 11.8 Å². The summed E-state index contributed by atoms with van der Waals surface area (Å²) in [5.74, 6) is 0.0633. The minimum Gasteiger partial charge on any atom is -0.453 e. The standard InChI is InChI=1S/C42H56N8O7/c1-9-10-21-49(37(51)34(25(2)3)46-40(54)56-7)24-33-45-39(53)42(6,48-33)30-19-17-28(18-20-30)27-13-15-29(16-14-27)31-23-43-36(44-31)32-12-11-22-50(32)38(52)35(26(4)5)47-41(55)57-8/h13-20,23,25-26,32,34-35H,9-12,21-22,24H2,1-8H3,(H,43,44)(H,46,54)(H,47,55)(H,45,48,53)/t32-,34-,35-,42?/m0/s1. The summed E-state index contributed by atoms with van der Waals surface area (Å²) in [5.41, 5.74) is 3.20. The number of imidazole rings is 1. The number of nitrogens with one attached hydrogen (secondary N) is 4. The summed E-state index contributed by atoms with van der Waals surface area (Å²) in [6.07, 6.45) is 3.65. The topological polar surface area (TPSA) is 187 Å². The van der Waals surface area contributed by atoms with E-state index in [1.54, 1.807) is 22.9 Å². The van der Waals surface area contributed by atoms with Gasteiger partial charge in [0.1, 0.15) is 23.7 Å². The maximum atomic E-state index is 13.6. The summed E-state index contributed by atoms with van der Waals surface area (Å²) in [6.45, 7) is 12.4. The summed E-state index contributed by atoms with van der Waals surface area (Å²) < 4.78 is 9.49. The van der Waals surface area contributed by atoms with Crippen LogP contribution in [-0.4, -0.2) is 101 Å². The van der Waals surface area contributed by atoms with Gasteiger partial charge < -0.3 is 40.2 Å². The number of alkyl carbamates (subject to hydrolysis) is 2. The van der Waals surface area contributed by atoms with E-state index >= 15 is 0 Å². The van der Waals surface area contributed by atoms with E-state index in [1.165, 1.54) is 14.2 Å². The molecule has 3 heterocycles. The Kier molecular flexibility index (Phi) is 13.7. The molecule has 306 valence electrons. The van der Waals surface area contributed by atoms with Crippen molar-refractivity contribution in [2.24, 2.45) is 16.8 Å². The lowest BCUT2D eigenvalue weighted by molar-refractivity contribution is -0.135. The molecule has 0 bridgehead atoms. The molecule has 5 rings (SSSR count). The van der Waals surface area contributed by atoms with Crippen molar-refractivity contribution < 1.29 is 33.4 Å². The van der Waals surface area contributed by atoms with Crippen molar-refractivity contribution in [3.63, 3.8) is 0 Å². The Labute approximate surface area is 334 Å². The van der Waals surface area contributed by atoms with Crippen molar-refractivity contribution in [1.82, 2.24) is 35.7 Å². The highest BCUT2D eigenvalue weighted by atomic mass is 16.5. The summed E-state index contributed by atoms with van der Waals surface area (Å²) in [7, 11) is 2.54. The second-order valence-electron chi connectivity index (χ2n) is 15.4. The molecule has 0 saturated carbocycles. The van der Waals surface area contributed by atoms with E-state index in [4.69, 9.17) is 14.5 Å². The molecular weight excluding hydrogens is 729 g/mol. The normalized spacial score (nSPS) is 18.8. The van der Waals surface area contributed by atoms with Gasteiger partial charge in [0.25, 0.3) is 5.91 Å². The monoisotopic (exact) mass is 784 g/mol. The van der Waals surface area contributed by atoms with Crippen molar-refractivity contribution in [1.29, 1.82) is 0 Å². The van der Waals surface area contributed by atoms with Crippen LogP contribution >= 0.6 is 0 Å². The number of ether oxygens (including phenoxy) is 2. The molecule has 2 aromatic carbocycles. The number of unbranched alkanes of at least 4 members (excludes halogenated alkanes) is 1. The zero-order valence-corrected chi connectivity index (χ0v) is 34.2. The lowest BCUT2D eigenvalue weighted by Gasteiger charge is -2.30. The molecule has 1 saturated heterocycles. The number of aromatic amines is 1. The number of nitrogens with zero attached hydrogens (tertiary/aromatic N) is 4. The molecule has 0 spiro atoms. The van der Waals surface area contributed by atoms with Crippen LogP contribution in [0.1, 0.15) is 84.7 Å². The molecule has 5 amide bonds. The predicted octanol–water partition coefficient (Wildman–Crippen LogP) is 5.54. The zero-order valence-electron chi connectivity index (χ0n) is 34.2. The summed E-state index contributed by atoms with van der Waals surface area (Å²) in [6, 6.07) is 14.0. The molecule has 2 aliphatic heterocycles. The molecule has 3 aromatic rings. The molecule has 1 aromatic heterocycles. The molecular formula is C42H56N8O7. The van der Waals surface area contributed by atoms with Gasteiger partial charge in [-0.15, -0.1) is 0 Å². The highest BCUT2D eigenvalue weighted by molar-refractivity contribution is 6.10. The minimum absolute atomic E-state index is 0.0959. The highest BCUT2D eigenvalue weighted by Crippen LogP contribution is 2.34. The Bertz CT molecular complexity index is 1940. The number of aromatic nitrogens is 2. The average molecular weight is 785 g/mol. The van der Waals surface area contributed by atoms with Gasteiger partial charge in [0, 0.05) is 13.1 Å². The van der Waals surface area contributed by atoms with Crippen molar-refractivity contribution >= 4 is 35.7 Å². The number of methoxy groups -OCH3 is 2. The Morgan fingerprint density at radius 2 is 1.49 bits per heavy atom. The number of carbonyl (C=O) groups excluding carboxylic acids is 5. The van der Waals surface area contributed by atoms with E-state index in [1.807, 2.05) is 83.1 Å². The fourth-order valence-corrected chi connectivity index (χ4v) is 7.24. The maximum Gasteiger partial charge on any atom is 0.407 e. The summed E-state index contributed by atoms with van der Waals surface area (Å²) in [4.78, 5) is 80.8. The van der Waals surface area contributed by atoms with Gasteiger partial charge in [0.2, 0.25) is 11.8 Å². The van der Waals surface area contributed by atoms with E-state index in [9.17, 15) is 24.0 Å². The van der Waals surface area contributed by atoms with Crippen molar-refractivity contribution in [2.75, 3.05) is 33.9 Å². The number of likely N-dealkylation sites (tertiary alicyclic amines) is 1. The third-order valence-corrected chi connectivity index (χ3v) is 10.7. The number of amides is 5. The van der Waals surface area contributed by atoms with Crippen molar-refractivity contribution in [3.8, 4) is 22.4 Å². The molecule has 1 fully saturated rings. The van der Waals surface area contributed by atoms with Crippen LogP contribution in [-0.2, 0) is 29.4 Å². The quantitative estimate of drug-likeness (QED) is 0.155. The third kappa shape index (κ3) is 9.63. The zero-order chi connectivity index (χ0) is 41.4. The van der Waals surface area contributed by atoms with E-state index < -0.39 is 29.8 Å². The van der Waals surface area contributed by atoms with Gasteiger partial charge in [-0.2, -0.15) is 0 Å². The van der Waals surface area contributed by atoms with Crippen LogP contribution in [0.2, 0.25) is 0 Å². The summed E-state index contributed by atoms with van der Waals surface area (Å²) >= 11 is 0. The largest absolute Gasteiger partial charge is 0.453 e. The number of carbonyl (C=O) groups is 5. The first-order valence-electron chi connectivity index (χ1n) is 19.6. The van der Waals surface area contributed by atoms with Crippen molar-refractivity contribution in [2.45, 2.75) is 90.9 Å². The Hall–Kier alpha value is -5.73. The van der Waals surface area contributed by atoms with Gasteiger partial charge in [-0.25, -0.2) is 19.6 Å². The van der Waals surface area contributed by atoms with E-state index in [0.717, 1.165) is 48.1 Å². The second-order valence-corrected chi connectivity index (χ2v) is 15.4. The van der Waals surface area contributed by atoms with Gasteiger partial charge in [0.15, 0.2) is 5.54 Å². The van der Waals surface area contributed by atoms with Crippen LogP contribution in [0.15, 0.2) is 59.7 Å². The maximum absolute atomic E-state index is 13.6. The van der Waals surface area contributed by atoms with Gasteiger partial charge in [0.05, 0.1) is 38.7 Å². The van der Waals surface area contributed by atoms with Crippen LogP contribution in [0.3, 0.4) is 0 Å². The Morgan fingerprint density at radius 1 is 0.912 bits per heavy atom. The Morgan fingerprint density at radius 3 is 2.07 bits per heavy atom. The van der Waals surface area contributed by atoms with E-state index in [0.29, 0.717) is 30.3 Å². The number of benzene rings is 2. The lowest BCUT2D eigenvalue weighted by Crippen LogP contribution is -2.53. The molecule has 15 nitrogen and oxygen atoms in total.